The molecule has 0 amide bonds. The molecule has 5 rings (SSSR count). The first-order valence-corrected chi connectivity index (χ1v) is 9.62. The second kappa shape index (κ2) is 6.13. The summed E-state index contributed by atoms with van der Waals surface area (Å²) in [4.78, 5) is 18.0. The lowest BCUT2D eigenvalue weighted by Crippen LogP contribution is -2.22. The lowest BCUT2D eigenvalue weighted by atomic mass is 10.2. The lowest BCUT2D eigenvalue weighted by molar-refractivity contribution is 0.415. The predicted octanol–water partition coefficient (Wildman–Crippen LogP) is 3.65. The van der Waals surface area contributed by atoms with Crippen LogP contribution in [0, 0.1) is 5.82 Å². The topological polar surface area (TPSA) is 49.1 Å². The second-order valence-corrected chi connectivity index (χ2v) is 7.56. The van der Waals surface area contributed by atoms with E-state index < -0.39 is 0 Å². The van der Waals surface area contributed by atoms with Crippen LogP contribution in [-0.4, -0.2) is 27.0 Å². The van der Waals surface area contributed by atoms with E-state index in [1.165, 1.54) is 12.1 Å². The van der Waals surface area contributed by atoms with Gasteiger partial charge in [0.05, 0.1) is 12.6 Å². The van der Waals surface area contributed by atoms with Gasteiger partial charge in [0.15, 0.2) is 5.16 Å². The van der Waals surface area contributed by atoms with Crippen LogP contribution in [0.5, 0.6) is 5.75 Å². The molecular formula is C20H16FN3O2S. The number of aromatic nitrogens is 3. The molecule has 136 valence electrons. The Morgan fingerprint density at radius 2 is 2.15 bits per heavy atom. The molecule has 4 aromatic rings. The number of benzene rings is 2. The van der Waals surface area contributed by atoms with Crippen LogP contribution < -0.4 is 10.3 Å². The number of hydrogen-bond donors (Lipinski definition) is 0. The average molecular weight is 381 g/mol. The normalized spacial score (nSPS) is 13.4. The van der Waals surface area contributed by atoms with Crippen molar-refractivity contribution >= 4 is 33.7 Å². The summed E-state index contributed by atoms with van der Waals surface area (Å²) in [5.74, 6) is 1.27. The van der Waals surface area contributed by atoms with E-state index in [1.54, 1.807) is 29.5 Å². The first-order chi connectivity index (χ1) is 13.2. The van der Waals surface area contributed by atoms with Crippen LogP contribution in [0.3, 0.4) is 0 Å². The number of ether oxygens (including phenoxy) is 1. The maximum absolute atomic E-state index is 13.7. The van der Waals surface area contributed by atoms with Gasteiger partial charge in [-0.1, -0.05) is 23.9 Å². The van der Waals surface area contributed by atoms with Crippen LogP contribution >= 0.6 is 11.8 Å². The average Bonchev–Trinajstić information content (AvgIpc) is 3.26. The number of methoxy groups -OCH3 is 1. The van der Waals surface area contributed by atoms with Crippen molar-refractivity contribution in [1.82, 2.24) is 14.1 Å². The smallest absolute Gasteiger partial charge is 0.278 e. The minimum atomic E-state index is -0.290. The third kappa shape index (κ3) is 2.53. The Morgan fingerprint density at radius 1 is 1.26 bits per heavy atom. The standard InChI is InChI=1S/C20H16FN3O2S/c1-26-14-5-6-16-15(10-14)17-18(19(25)23-7-8-27-20(23)22-17)24(16)11-12-3-2-4-13(21)9-12/h2-6,9-10H,7-8,11H2,1H3. The van der Waals surface area contributed by atoms with E-state index in [1.807, 2.05) is 28.8 Å². The maximum Gasteiger partial charge on any atom is 0.278 e. The van der Waals surface area contributed by atoms with Gasteiger partial charge in [-0.05, 0) is 35.9 Å². The molecule has 5 nitrogen and oxygen atoms in total. The molecule has 27 heavy (non-hydrogen) atoms. The number of hydrogen-bond acceptors (Lipinski definition) is 4. The monoisotopic (exact) mass is 381 g/mol. The number of fused-ring (bicyclic) bond motifs is 4. The highest BCUT2D eigenvalue weighted by atomic mass is 32.2. The van der Waals surface area contributed by atoms with Crippen LogP contribution in [-0.2, 0) is 13.1 Å². The summed E-state index contributed by atoms with van der Waals surface area (Å²) in [7, 11) is 1.61. The van der Waals surface area contributed by atoms with Crippen LogP contribution in [0.15, 0.2) is 52.4 Å². The van der Waals surface area contributed by atoms with Crippen molar-refractivity contribution in [3.63, 3.8) is 0 Å². The Morgan fingerprint density at radius 3 is 2.96 bits per heavy atom. The molecule has 0 unspecified atom stereocenters. The molecule has 2 aromatic carbocycles. The Bertz CT molecular complexity index is 1260. The molecule has 7 heteroatoms. The van der Waals surface area contributed by atoms with Gasteiger partial charge in [-0.3, -0.25) is 9.36 Å². The minimum absolute atomic E-state index is 0.0495. The van der Waals surface area contributed by atoms with Gasteiger partial charge in [0.25, 0.3) is 5.56 Å². The zero-order valence-corrected chi connectivity index (χ0v) is 15.4. The van der Waals surface area contributed by atoms with Gasteiger partial charge in [0.2, 0.25) is 0 Å². The molecule has 0 bridgehead atoms. The third-order valence-electron chi connectivity index (χ3n) is 4.91. The molecule has 0 N–H and O–H groups in total. The highest BCUT2D eigenvalue weighted by Crippen LogP contribution is 2.32. The molecule has 0 radical (unpaired) electrons. The quantitative estimate of drug-likeness (QED) is 0.508. The molecule has 0 saturated carbocycles. The molecule has 1 aliphatic heterocycles. The fraction of sp³-hybridized carbons (Fsp3) is 0.200. The van der Waals surface area contributed by atoms with E-state index in [0.29, 0.717) is 29.9 Å². The van der Waals surface area contributed by atoms with Gasteiger partial charge in [-0.2, -0.15) is 0 Å². The third-order valence-corrected chi connectivity index (χ3v) is 5.86. The van der Waals surface area contributed by atoms with E-state index >= 15 is 0 Å². The summed E-state index contributed by atoms with van der Waals surface area (Å²) in [5, 5.41) is 1.62. The van der Waals surface area contributed by atoms with Gasteiger partial charge in [0, 0.05) is 24.2 Å². The van der Waals surface area contributed by atoms with Crippen molar-refractivity contribution < 1.29 is 9.13 Å². The van der Waals surface area contributed by atoms with Crippen LogP contribution in [0.25, 0.3) is 21.9 Å². The summed E-state index contributed by atoms with van der Waals surface area (Å²) < 4.78 is 22.7. The number of nitrogens with zero attached hydrogens (tertiary/aromatic N) is 3. The summed E-state index contributed by atoms with van der Waals surface area (Å²) in [5.41, 5.74) is 2.85. The van der Waals surface area contributed by atoms with Gasteiger partial charge in [-0.15, -0.1) is 0 Å². The second-order valence-electron chi connectivity index (χ2n) is 6.50. The van der Waals surface area contributed by atoms with Crippen molar-refractivity contribution in [3.05, 3.63) is 64.2 Å². The number of rotatable bonds is 3. The highest BCUT2D eigenvalue weighted by molar-refractivity contribution is 7.99. The first-order valence-electron chi connectivity index (χ1n) is 8.64. The molecule has 0 aliphatic carbocycles. The maximum atomic E-state index is 13.7. The van der Waals surface area contributed by atoms with Crippen LogP contribution in [0.4, 0.5) is 4.39 Å². The summed E-state index contributed by atoms with van der Waals surface area (Å²) in [6, 6.07) is 12.2. The predicted molar refractivity (Wildman–Crippen MR) is 104 cm³/mol. The zero-order valence-electron chi connectivity index (χ0n) is 14.6. The van der Waals surface area contributed by atoms with Gasteiger partial charge < -0.3 is 9.30 Å². The van der Waals surface area contributed by atoms with Crippen molar-refractivity contribution in [2.24, 2.45) is 0 Å². The first kappa shape index (κ1) is 16.4. The molecule has 3 heterocycles. The largest absolute Gasteiger partial charge is 0.497 e. The van der Waals surface area contributed by atoms with Gasteiger partial charge >= 0.3 is 0 Å². The van der Waals surface area contributed by atoms with Gasteiger partial charge in [-0.25, -0.2) is 9.37 Å². The van der Waals surface area contributed by atoms with E-state index in [9.17, 15) is 9.18 Å². The minimum Gasteiger partial charge on any atom is -0.497 e. The molecule has 0 atom stereocenters. The van der Waals surface area contributed by atoms with Crippen molar-refractivity contribution in [2.45, 2.75) is 18.2 Å². The summed E-state index contributed by atoms with van der Waals surface area (Å²) in [6.45, 7) is 1.06. The van der Waals surface area contributed by atoms with E-state index in [0.717, 1.165) is 27.4 Å². The molecule has 0 spiro atoms. The van der Waals surface area contributed by atoms with Crippen molar-refractivity contribution in [1.29, 1.82) is 0 Å². The number of halogens is 1. The molecule has 2 aromatic heterocycles. The Kier molecular flexibility index (Phi) is 3.72. The van der Waals surface area contributed by atoms with Crippen molar-refractivity contribution in [2.75, 3.05) is 12.9 Å². The Balaban J connectivity index is 1.85. The van der Waals surface area contributed by atoms with Crippen LogP contribution in [0.1, 0.15) is 5.56 Å². The zero-order chi connectivity index (χ0) is 18.5. The fourth-order valence-electron chi connectivity index (χ4n) is 3.66. The molecule has 0 fully saturated rings. The Labute approximate surface area is 158 Å². The SMILES string of the molecule is COc1ccc2c(c1)c1nc3n(c(=O)c1n2Cc1cccc(F)c1)CCS3. The molecule has 0 saturated heterocycles. The van der Waals surface area contributed by atoms with Crippen LogP contribution in [0.2, 0.25) is 0 Å². The molecule has 1 aliphatic rings. The van der Waals surface area contributed by atoms with Crippen molar-refractivity contribution in [3.8, 4) is 5.75 Å². The summed E-state index contributed by atoms with van der Waals surface area (Å²) in [6.07, 6.45) is 0. The van der Waals surface area contributed by atoms with E-state index in [2.05, 4.69) is 0 Å². The lowest BCUT2D eigenvalue weighted by Gasteiger charge is -2.09. The molecular weight excluding hydrogens is 365 g/mol. The summed E-state index contributed by atoms with van der Waals surface area (Å²) >= 11 is 1.59. The van der Waals surface area contributed by atoms with E-state index in [4.69, 9.17) is 9.72 Å². The fourth-order valence-corrected chi connectivity index (χ4v) is 4.60. The van der Waals surface area contributed by atoms with Gasteiger partial charge in [0.1, 0.15) is 22.6 Å². The van der Waals surface area contributed by atoms with E-state index in [-0.39, 0.29) is 11.4 Å². The number of thioether (sulfide) groups is 1. The Hall–Kier alpha value is -2.80. The highest BCUT2D eigenvalue weighted by Gasteiger charge is 2.23.